The predicted octanol–water partition coefficient (Wildman–Crippen LogP) is 5.06. The van der Waals surface area contributed by atoms with E-state index in [2.05, 4.69) is 34.5 Å². The first-order valence-electron chi connectivity index (χ1n) is 10.0. The number of nitrogens with zero attached hydrogens (tertiary/aromatic N) is 1. The standard InChI is InChI=1S/C23H29N3O3S.ClH/c1-5-26(6-2)16-19-11-14-22(24-19)21-13-12-20(15-23(21)29-4)30(27,28)25-18-9-7-17(3)8-10-18;/h7-15,24-25H,5-6,16H2,1-4H3;1H. The molecule has 2 aromatic carbocycles. The van der Waals surface area contributed by atoms with Crippen molar-refractivity contribution in [2.45, 2.75) is 32.2 Å². The van der Waals surface area contributed by atoms with E-state index in [0.29, 0.717) is 11.4 Å². The van der Waals surface area contributed by atoms with E-state index in [0.717, 1.165) is 42.1 Å². The molecule has 2 N–H and O–H groups in total. The van der Waals surface area contributed by atoms with E-state index in [1.54, 1.807) is 37.4 Å². The fourth-order valence-electron chi connectivity index (χ4n) is 3.27. The molecule has 1 aromatic heterocycles. The summed E-state index contributed by atoms with van der Waals surface area (Å²) in [6.07, 6.45) is 0. The van der Waals surface area contributed by atoms with Crippen LogP contribution in [0.25, 0.3) is 11.3 Å². The SMILES string of the molecule is CCN(CC)Cc1ccc(-c2ccc(S(=O)(=O)Nc3ccc(C)cc3)cc2OC)[nH]1.Cl. The van der Waals surface area contributed by atoms with Gasteiger partial charge in [0.2, 0.25) is 0 Å². The highest BCUT2D eigenvalue weighted by Crippen LogP contribution is 2.32. The van der Waals surface area contributed by atoms with E-state index in [1.165, 1.54) is 0 Å². The molecule has 0 atom stereocenters. The number of H-pyrrole nitrogens is 1. The third kappa shape index (κ3) is 6.03. The van der Waals surface area contributed by atoms with Crippen LogP contribution in [-0.2, 0) is 16.6 Å². The molecule has 3 rings (SSSR count). The van der Waals surface area contributed by atoms with Crippen LogP contribution in [0, 0.1) is 6.92 Å². The summed E-state index contributed by atoms with van der Waals surface area (Å²) in [5, 5.41) is 0. The molecule has 0 saturated heterocycles. The van der Waals surface area contributed by atoms with Crippen LogP contribution in [0.1, 0.15) is 25.1 Å². The number of hydrogen-bond donors (Lipinski definition) is 2. The van der Waals surface area contributed by atoms with Gasteiger partial charge in [0, 0.05) is 35.2 Å². The number of benzene rings is 2. The van der Waals surface area contributed by atoms with Gasteiger partial charge in [0.05, 0.1) is 12.0 Å². The van der Waals surface area contributed by atoms with Crippen LogP contribution in [0.5, 0.6) is 5.75 Å². The number of nitrogens with one attached hydrogen (secondary N) is 2. The van der Waals surface area contributed by atoms with E-state index in [1.807, 2.05) is 25.1 Å². The molecule has 8 heteroatoms. The molecule has 0 aliphatic heterocycles. The molecular formula is C23H30ClN3O3S. The van der Waals surface area contributed by atoms with Gasteiger partial charge in [0.15, 0.2) is 0 Å². The van der Waals surface area contributed by atoms with Crippen LogP contribution in [-0.4, -0.2) is 38.5 Å². The summed E-state index contributed by atoms with van der Waals surface area (Å²) >= 11 is 0. The van der Waals surface area contributed by atoms with Crippen LogP contribution in [0.3, 0.4) is 0 Å². The number of aromatic nitrogens is 1. The first-order valence-corrected chi connectivity index (χ1v) is 11.5. The summed E-state index contributed by atoms with van der Waals surface area (Å²) in [6.45, 7) is 9.03. The van der Waals surface area contributed by atoms with Crippen molar-refractivity contribution < 1.29 is 13.2 Å². The lowest BCUT2D eigenvalue weighted by Gasteiger charge is -2.16. The van der Waals surface area contributed by atoms with Crippen molar-refractivity contribution in [3.8, 4) is 17.0 Å². The van der Waals surface area contributed by atoms with Crippen LogP contribution < -0.4 is 9.46 Å². The second-order valence-corrected chi connectivity index (χ2v) is 8.87. The minimum Gasteiger partial charge on any atom is -0.496 e. The maximum Gasteiger partial charge on any atom is 0.262 e. The molecule has 0 saturated carbocycles. The normalized spacial score (nSPS) is 11.3. The number of methoxy groups -OCH3 is 1. The first kappa shape index (κ1) is 24.8. The highest BCUT2D eigenvalue weighted by atomic mass is 35.5. The number of sulfonamides is 1. The largest absolute Gasteiger partial charge is 0.496 e. The topological polar surface area (TPSA) is 74.4 Å². The number of aromatic amines is 1. The van der Waals surface area contributed by atoms with E-state index < -0.39 is 10.0 Å². The molecule has 0 fully saturated rings. The minimum atomic E-state index is -3.72. The summed E-state index contributed by atoms with van der Waals surface area (Å²) in [7, 11) is -2.18. The summed E-state index contributed by atoms with van der Waals surface area (Å²) in [4.78, 5) is 5.89. The number of ether oxygens (including phenoxy) is 1. The summed E-state index contributed by atoms with van der Waals surface area (Å²) < 4.78 is 33.8. The molecular weight excluding hydrogens is 434 g/mol. The van der Waals surface area contributed by atoms with Gasteiger partial charge in [-0.25, -0.2) is 8.42 Å². The molecule has 1 heterocycles. The second-order valence-electron chi connectivity index (χ2n) is 7.19. The van der Waals surface area contributed by atoms with Gasteiger partial charge in [-0.2, -0.15) is 0 Å². The fourth-order valence-corrected chi connectivity index (χ4v) is 4.35. The summed E-state index contributed by atoms with van der Waals surface area (Å²) in [6, 6.07) is 16.2. The Morgan fingerprint density at radius 1 is 1.00 bits per heavy atom. The molecule has 168 valence electrons. The van der Waals surface area contributed by atoms with Crippen molar-refractivity contribution in [1.82, 2.24) is 9.88 Å². The first-order chi connectivity index (χ1) is 14.4. The van der Waals surface area contributed by atoms with Crippen molar-refractivity contribution in [1.29, 1.82) is 0 Å². The molecule has 0 amide bonds. The van der Waals surface area contributed by atoms with Crippen molar-refractivity contribution >= 4 is 28.1 Å². The zero-order chi connectivity index (χ0) is 21.7. The molecule has 0 aliphatic carbocycles. The van der Waals surface area contributed by atoms with Crippen LogP contribution >= 0.6 is 12.4 Å². The highest BCUT2D eigenvalue weighted by Gasteiger charge is 2.18. The summed E-state index contributed by atoms with van der Waals surface area (Å²) in [5.74, 6) is 0.498. The Labute approximate surface area is 191 Å². The summed E-state index contributed by atoms with van der Waals surface area (Å²) in [5.41, 5.74) is 4.40. The average molecular weight is 464 g/mol. The number of hydrogen-bond acceptors (Lipinski definition) is 4. The number of aryl methyl sites for hydroxylation is 1. The van der Waals surface area contributed by atoms with E-state index in [-0.39, 0.29) is 17.3 Å². The maximum absolute atomic E-state index is 12.8. The van der Waals surface area contributed by atoms with Crippen molar-refractivity contribution in [2.24, 2.45) is 0 Å². The lowest BCUT2D eigenvalue weighted by atomic mass is 10.1. The molecule has 3 aromatic rings. The van der Waals surface area contributed by atoms with Gasteiger partial charge in [-0.15, -0.1) is 12.4 Å². The van der Waals surface area contributed by atoms with Gasteiger partial charge < -0.3 is 9.72 Å². The van der Waals surface area contributed by atoms with Gasteiger partial charge >= 0.3 is 0 Å². The Morgan fingerprint density at radius 2 is 1.68 bits per heavy atom. The molecule has 0 aliphatic rings. The Hall–Kier alpha value is -2.48. The maximum atomic E-state index is 12.8. The zero-order valence-corrected chi connectivity index (χ0v) is 19.9. The third-order valence-electron chi connectivity index (χ3n) is 5.11. The van der Waals surface area contributed by atoms with Gasteiger partial charge in [-0.1, -0.05) is 31.5 Å². The van der Waals surface area contributed by atoms with Crippen LogP contribution in [0.2, 0.25) is 0 Å². The zero-order valence-electron chi connectivity index (χ0n) is 18.3. The van der Waals surface area contributed by atoms with E-state index in [9.17, 15) is 8.42 Å². The number of anilines is 1. The Bertz CT molecular complexity index is 1090. The Balaban J connectivity index is 0.00000341. The predicted molar refractivity (Wildman–Crippen MR) is 129 cm³/mol. The minimum absolute atomic E-state index is 0. The van der Waals surface area contributed by atoms with Crippen LogP contribution in [0.15, 0.2) is 59.5 Å². The molecule has 31 heavy (non-hydrogen) atoms. The van der Waals surface area contributed by atoms with Gasteiger partial charge in [-0.3, -0.25) is 9.62 Å². The number of rotatable bonds is 9. The lowest BCUT2D eigenvalue weighted by Crippen LogP contribution is -2.22. The second kappa shape index (κ2) is 10.7. The quantitative estimate of drug-likeness (QED) is 0.465. The molecule has 6 nitrogen and oxygen atoms in total. The smallest absolute Gasteiger partial charge is 0.262 e. The molecule has 0 bridgehead atoms. The number of halogens is 1. The monoisotopic (exact) mass is 463 g/mol. The molecule has 0 unspecified atom stereocenters. The molecule has 0 radical (unpaired) electrons. The van der Waals surface area contributed by atoms with Crippen molar-refractivity contribution in [3.63, 3.8) is 0 Å². The Kier molecular flexibility index (Phi) is 8.56. The van der Waals surface area contributed by atoms with Crippen molar-refractivity contribution in [2.75, 3.05) is 24.9 Å². The van der Waals surface area contributed by atoms with Crippen LogP contribution in [0.4, 0.5) is 5.69 Å². The van der Waals surface area contributed by atoms with Gasteiger partial charge in [0.25, 0.3) is 10.0 Å². The van der Waals surface area contributed by atoms with E-state index in [4.69, 9.17) is 4.74 Å². The molecule has 0 spiro atoms. The lowest BCUT2D eigenvalue weighted by molar-refractivity contribution is 0.293. The fraction of sp³-hybridized carbons (Fsp3) is 0.304. The Morgan fingerprint density at radius 3 is 2.29 bits per heavy atom. The van der Waals surface area contributed by atoms with Crippen molar-refractivity contribution in [3.05, 3.63) is 65.9 Å². The average Bonchev–Trinajstić information content (AvgIpc) is 3.21. The third-order valence-corrected chi connectivity index (χ3v) is 6.49. The highest BCUT2D eigenvalue weighted by molar-refractivity contribution is 7.92. The van der Waals surface area contributed by atoms with E-state index >= 15 is 0 Å². The van der Waals surface area contributed by atoms with Gasteiger partial charge in [-0.05, 0) is 56.4 Å². The van der Waals surface area contributed by atoms with Gasteiger partial charge in [0.1, 0.15) is 5.75 Å².